The van der Waals surface area contributed by atoms with Crippen LogP contribution in [-0.2, 0) is 0 Å². The van der Waals surface area contributed by atoms with Crippen LogP contribution in [0.4, 0.5) is 11.4 Å². The van der Waals surface area contributed by atoms with E-state index >= 15 is 0 Å². The molecular formula is C13H16N4O3. The van der Waals surface area contributed by atoms with Gasteiger partial charge in [-0.15, -0.1) is 0 Å². The van der Waals surface area contributed by atoms with E-state index in [-0.39, 0.29) is 5.69 Å². The molecule has 1 aliphatic rings. The van der Waals surface area contributed by atoms with Crippen LogP contribution in [0.15, 0.2) is 16.5 Å². The van der Waals surface area contributed by atoms with Crippen LogP contribution in [0.2, 0.25) is 0 Å². The molecule has 0 spiro atoms. The van der Waals surface area contributed by atoms with E-state index in [1.54, 1.807) is 13.0 Å². The molecule has 2 heterocycles. The number of anilines is 1. The van der Waals surface area contributed by atoms with Gasteiger partial charge in [-0.3, -0.25) is 10.1 Å². The third-order valence-corrected chi connectivity index (χ3v) is 3.62. The maximum atomic E-state index is 11.1. The van der Waals surface area contributed by atoms with Gasteiger partial charge >= 0.3 is 0 Å². The average molecular weight is 276 g/mol. The lowest BCUT2D eigenvalue weighted by Crippen LogP contribution is -2.44. The van der Waals surface area contributed by atoms with E-state index in [1.807, 2.05) is 0 Å². The van der Waals surface area contributed by atoms with Crippen molar-refractivity contribution in [1.29, 1.82) is 0 Å². The van der Waals surface area contributed by atoms with Gasteiger partial charge in [-0.25, -0.2) is 4.98 Å². The van der Waals surface area contributed by atoms with Gasteiger partial charge in [0.05, 0.1) is 16.7 Å². The number of benzene rings is 1. The second-order valence-corrected chi connectivity index (χ2v) is 5.09. The summed E-state index contributed by atoms with van der Waals surface area (Å²) in [5.41, 5.74) is 2.02. The van der Waals surface area contributed by atoms with Crippen molar-refractivity contribution in [3.63, 3.8) is 0 Å². The number of fused-ring (bicyclic) bond motifs is 1. The van der Waals surface area contributed by atoms with Crippen molar-refractivity contribution in [3.8, 4) is 0 Å². The summed E-state index contributed by atoms with van der Waals surface area (Å²) in [6.45, 7) is 5.28. The van der Waals surface area contributed by atoms with E-state index in [4.69, 9.17) is 4.42 Å². The summed E-state index contributed by atoms with van der Waals surface area (Å²) in [5.74, 6) is 0.524. The van der Waals surface area contributed by atoms with E-state index < -0.39 is 4.92 Å². The maximum absolute atomic E-state index is 11.1. The topological polar surface area (TPSA) is 75.7 Å². The first-order valence-corrected chi connectivity index (χ1v) is 6.53. The first kappa shape index (κ1) is 12.9. The number of nitro benzene ring substituents is 1. The number of nitro groups is 1. The minimum atomic E-state index is -0.392. The Bertz CT molecular complexity index is 659. The number of hydrogen-bond donors (Lipinski definition) is 0. The monoisotopic (exact) mass is 276 g/mol. The number of non-ortho nitro benzene ring substituents is 1. The van der Waals surface area contributed by atoms with E-state index in [9.17, 15) is 10.1 Å². The standard InChI is InChI=1S/C13H16N4O3/c1-9-14-13-11(16-5-3-15(2)4-6-16)7-10(17(18)19)8-12(13)20-9/h7-8H,3-6H2,1-2H3. The third kappa shape index (κ3) is 2.20. The Morgan fingerprint density at radius 1 is 1.30 bits per heavy atom. The molecule has 1 fully saturated rings. The first-order valence-electron chi connectivity index (χ1n) is 6.53. The fraction of sp³-hybridized carbons (Fsp3) is 0.462. The van der Waals surface area contributed by atoms with Crippen LogP contribution in [0, 0.1) is 17.0 Å². The van der Waals surface area contributed by atoms with Gasteiger partial charge in [0.15, 0.2) is 11.5 Å². The van der Waals surface area contributed by atoms with Crippen molar-refractivity contribution in [2.45, 2.75) is 6.92 Å². The molecule has 1 aliphatic heterocycles. The molecule has 2 aromatic rings. The average Bonchev–Trinajstić information content (AvgIpc) is 2.78. The van der Waals surface area contributed by atoms with E-state index in [1.165, 1.54) is 6.07 Å². The zero-order valence-electron chi connectivity index (χ0n) is 11.5. The SMILES string of the molecule is Cc1nc2c(N3CCN(C)CC3)cc([N+](=O)[O-])cc2o1. The highest BCUT2D eigenvalue weighted by Crippen LogP contribution is 2.32. The van der Waals surface area contributed by atoms with Crippen molar-refractivity contribution in [2.24, 2.45) is 0 Å². The smallest absolute Gasteiger partial charge is 0.275 e. The highest BCUT2D eigenvalue weighted by Gasteiger charge is 2.22. The number of hydrogen-bond acceptors (Lipinski definition) is 6. The Labute approximate surface area is 115 Å². The molecule has 7 nitrogen and oxygen atoms in total. The zero-order chi connectivity index (χ0) is 14.3. The van der Waals surface area contributed by atoms with Crippen molar-refractivity contribution < 1.29 is 9.34 Å². The molecule has 20 heavy (non-hydrogen) atoms. The summed E-state index contributed by atoms with van der Waals surface area (Å²) in [4.78, 5) is 19.4. The van der Waals surface area contributed by atoms with Gasteiger partial charge in [0, 0.05) is 39.2 Å². The molecule has 1 aromatic carbocycles. The number of aromatic nitrogens is 1. The fourth-order valence-corrected chi connectivity index (χ4v) is 2.50. The van der Waals surface area contributed by atoms with Gasteiger partial charge < -0.3 is 14.2 Å². The quantitative estimate of drug-likeness (QED) is 0.615. The Hall–Kier alpha value is -2.15. The molecule has 7 heteroatoms. The summed E-state index contributed by atoms with van der Waals surface area (Å²) >= 11 is 0. The van der Waals surface area contributed by atoms with Crippen molar-refractivity contribution >= 4 is 22.5 Å². The molecule has 1 saturated heterocycles. The van der Waals surface area contributed by atoms with Crippen LogP contribution >= 0.6 is 0 Å². The van der Waals surface area contributed by atoms with Gasteiger partial charge in [0.1, 0.15) is 5.52 Å². The van der Waals surface area contributed by atoms with Crippen LogP contribution in [0.1, 0.15) is 5.89 Å². The Morgan fingerprint density at radius 2 is 2.00 bits per heavy atom. The summed E-state index contributed by atoms with van der Waals surface area (Å²) in [7, 11) is 2.07. The number of aryl methyl sites for hydroxylation is 1. The summed E-state index contributed by atoms with van der Waals surface area (Å²) in [6, 6.07) is 3.03. The lowest BCUT2D eigenvalue weighted by molar-refractivity contribution is -0.384. The predicted octanol–water partition coefficient (Wildman–Crippen LogP) is 1.80. The van der Waals surface area contributed by atoms with Crippen LogP contribution in [0.25, 0.3) is 11.1 Å². The highest BCUT2D eigenvalue weighted by molar-refractivity contribution is 5.90. The highest BCUT2D eigenvalue weighted by atomic mass is 16.6. The summed E-state index contributed by atoms with van der Waals surface area (Å²) < 4.78 is 5.46. The van der Waals surface area contributed by atoms with Crippen LogP contribution in [0.3, 0.4) is 0 Å². The van der Waals surface area contributed by atoms with Crippen molar-refractivity contribution in [3.05, 3.63) is 28.1 Å². The fourth-order valence-electron chi connectivity index (χ4n) is 2.50. The Kier molecular flexibility index (Phi) is 3.06. The molecule has 1 aromatic heterocycles. The Balaban J connectivity index is 2.09. The van der Waals surface area contributed by atoms with Crippen LogP contribution in [-0.4, -0.2) is 48.0 Å². The maximum Gasteiger partial charge on any atom is 0.275 e. The third-order valence-electron chi connectivity index (χ3n) is 3.62. The number of nitrogens with zero attached hydrogens (tertiary/aromatic N) is 4. The number of likely N-dealkylation sites (N-methyl/N-ethyl adjacent to an activating group) is 1. The van der Waals surface area contributed by atoms with Crippen molar-refractivity contribution in [2.75, 3.05) is 38.1 Å². The molecule has 0 N–H and O–H groups in total. The van der Waals surface area contributed by atoms with E-state index in [2.05, 4.69) is 21.8 Å². The summed E-state index contributed by atoms with van der Waals surface area (Å²) in [5, 5.41) is 11.1. The number of rotatable bonds is 2. The molecule has 3 rings (SSSR count). The van der Waals surface area contributed by atoms with E-state index in [0.29, 0.717) is 17.0 Å². The molecule has 0 saturated carbocycles. The summed E-state index contributed by atoms with van der Waals surface area (Å²) in [6.07, 6.45) is 0. The largest absolute Gasteiger partial charge is 0.441 e. The molecule has 106 valence electrons. The molecule has 0 radical (unpaired) electrons. The van der Waals surface area contributed by atoms with Gasteiger partial charge in [-0.05, 0) is 7.05 Å². The minimum absolute atomic E-state index is 0.0441. The van der Waals surface area contributed by atoms with Gasteiger partial charge in [0.25, 0.3) is 5.69 Å². The second-order valence-electron chi connectivity index (χ2n) is 5.09. The number of oxazole rings is 1. The van der Waals surface area contributed by atoms with Crippen LogP contribution < -0.4 is 4.90 Å². The molecule has 0 amide bonds. The molecule has 0 unspecified atom stereocenters. The zero-order valence-corrected chi connectivity index (χ0v) is 11.5. The molecule has 0 atom stereocenters. The van der Waals surface area contributed by atoms with Gasteiger partial charge in [-0.1, -0.05) is 0 Å². The predicted molar refractivity (Wildman–Crippen MR) is 75.1 cm³/mol. The van der Waals surface area contributed by atoms with E-state index in [0.717, 1.165) is 31.9 Å². The van der Waals surface area contributed by atoms with Crippen LogP contribution in [0.5, 0.6) is 0 Å². The van der Waals surface area contributed by atoms with Gasteiger partial charge in [0.2, 0.25) is 0 Å². The van der Waals surface area contributed by atoms with Gasteiger partial charge in [-0.2, -0.15) is 0 Å². The molecule has 0 bridgehead atoms. The lowest BCUT2D eigenvalue weighted by atomic mass is 10.2. The van der Waals surface area contributed by atoms with Crippen molar-refractivity contribution in [1.82, 2.24) is 9.88 Å². The number of piperazine rings is 1. The minimum Gasteiger partial charge on any atom is -0.441 e. The second kappa shape index (κ2) is 4.75. The molecular weight excluding hydrogens is 260 g/mol. The first-order chi connectivity index (χ1) is 9.54. The normalized spacial score (nSPS) is 16.8. The lowest BCUT2D eigenvalue weighted by Gasteiger charge is -2.33. The molecule has 0 aliphatic carbocycles. The Morgan fingerprint density at radius 3 is 2.65 bits per heavy atom.